The Morgan fingerprint density at radius 3 is 2.55 bits per heavy atom. The quantitative estimate of drug-likeness (QED) is 0.563. The first-order chi connectivity index (χ1) is 9.90. The first-order valence-corrected chi connectivity index (χ1v) is 7.04. The van der Waals surface area contributed by atoms with Crippen molar-refractivity contribution >= 4 is 16.3 Å². The smallest absolute Gasteiger partial charge is 0.213 e. The summed E-state index contributed by atoms with van der Waals surface area (Å²) in [5, 5.41) is 5.56. The number of hydrogen-bond acceptors (Lipinski definition) is 4. The van der Waals surface area contributed by atoms with Crippen molar-refractivity contribution in [2.24, 2.45) is 0 Å². The van der Waals surface area contributed by atoms with Gasteiger partial charge in [-0.2, -0.15) is 5.10 Å². The molecule has 4 nitrogen and oxygen atoms in total. The van der Waals surface area contributed by atoms with Crippen molar-refractivity contribution in [2.45, 2.75) is 0 Å². The van der Waals surface area contributed by atoms with E-state index in [0.29, 0.717) is 0 Å². The highest BCUT2D eigenvalue weighted by molar-refractivity contribution is 7.19. The Kier molecular flexibility index (Phi) is 2.57. The van der Waals surface area contributed by atoms with Crippen molar-refractivity contribution in [1.29, 1.82) is 0 Å². The van der Waals surface area contributed by atoms with Crippen LogP contribution in [0.1, 0.15) is 0 Å². The average molecular weight is 278 g/mol. The van der Waals surface area contributed by atoms with Crippen LogP contribution in [0.25, 0.3) is 26.8 Å². The van der Waals surface area contributed by atoms with Crippen LogP contribution < -0.4 is 0 Å². The van der Waals surface area contributed by atoms with Gasteiger partial charge in [-0.05, 0) is 12.1 Å². The minimum absolute atomic E-state index is 0.891. The molecule has 0 spiro atoms. The summed E-state index contributed by atoms with van der Waals surface area (Å²) in [4.78, 5) is 9.61. The molecule has 0 saturated heterocycles. The van der Waals surface area contributed by atoms with Crippen molar-refractivity contribution in [3.8, 4) is 21.8 Å². The van der Waals surface area contributed by atoms with Crippen LogP contribution in [0.4, 0.5) is 0 Å². The van der Waals surface area contributed by atoms with Gasteiger partial charge in [0.15, 0.2) is 0 Å². The Balaban J connectivity index is 1.78. The maximum atomic E-state index is 4.61. The number of benzene rings is 1. The second-order valence-corrected chi connectivity index (χ2v) is 5.32. The molecule has 0 atom stereocenters. The maximum absolute atomic E-state index is 4.61. The predicted molar refractivity (Wildman–Crippen MR) is 79.5 cm³/mol. The molecule has 4 aromatic rings. The first kappa shape index (κ1) is 11.3. The monoisotopic (exact) mass is 278 g/mol. The van der Waals surface area contributed by atoms with Gasteiger partial charge in [0.05, 0.1) is 11.9 Å². The fourth-order valence-corrected chi connectivity index (χ4v) is 2.94. The van der Waals surface area contributed by atoms with Crippen LogP contribution in [-0.2, 0) is 0 Å². The molecular weight excluding hydrogens is 268 g/mol. The van der Waals surface area contributed by atoms with Crippen molar-refractivity contribution in [3.63, 3.8) is 0 Å². The van der Waals surface area contributed by atoms with Crippen LogP contribution in [0.3, 0.4) is 0 Å². The zero-order chi connectivity index (χ0) is 13.4. The van der Waals surface area contributed by atoms with E-state index >= 15 is 0 Å². The molecule has 0 amide bonds. The summed E-state index contributed by atoms with van der Waals surface area (Å²) in [6.07, 6.45) is 5.51. The number of hydrogen-bond donors (Lipinski definition) is 0. The van der Waals surface area contributed by atoms with Gasteiger partial charge in [0, 0.05) is 23.5 Å². The zero-order valence-corrected chi connectivity index (χ0v) is 11.3. The normalized spacial score (nSPS) is 11.0. The molecule has 4 rings (SSSR count). The van der Waals surface area contributed by atoms with Gasteiger partial charge < -0.3 is 0 Å². The summed E-state index contributed by atoms with van der Waals surface area (Å²) in [6.45, 7) is 0. The van der Waals surface area contributed by atoms with E-state index in [1.54, 1.807) is 17.5 Å². The zero-order valence-electron chi connectivity index (χ0n) is 10.5. The molecule has 20 heavy (non-hydrogen) atoms. The van der Waals surface area contributed by atoms with E-state index < -0.39 is 0 Å². The molecule has 3 heterocycles. The molecule has 0 radical (unpaired) electrons. The number of rotatable bonds is 2. The second-order valence-electron chi connectivity index (χ2n) is 4.37. The lowest BCUT2D eigenvalue weighted by Gasteiger charge is -1.94. The van der Waals surface area contributed by atoms with E-state index in [1.165, 1.54) is 0 Å². The van der Waals surface area contributed by atoms with Gasteiger partial charge in [-0.15, -0.1) is 0 Å². The molecule has 3 aromatic heterocycles. The molecule has 96 valence electrons. The molecule has 0 unspecified atom stereocenters. The van der Waals surface area contributed by atoms with E-state index in [2.05, 4.69) is 27.2 Å². The Morgan fingerprint density at radius 2 is 1.80 bits per heavy atom. The lowest BCUT2D eigenvalue weighted by molar-refractivity contribution is 0.978. The molecule has 0 N–H and O–H groups in total. The highest BCUT2D eigenvalue weighted by atomic mass is 32.1. The van der Waals surface area contributed by atoms with E-state index in [-0.39, 0.29) is 0 Å². The van der Waals surface area contributed by atoms with Crippen LogP contribution in [0.5, 0.6) is 0 Å². The molecule has 1 aromatic carbocycles. The van der Waals surface area contributed by atoms with Crippen molar-refractivity contribution in [3.05, 3.63) is 61.1 Å². The fourth-order valence-electron chi connectivity index (χ4n) is 2.05. The van der Waals surface area contributed by atoms with E-state index in [4.69, 9.17) is 0 Å². The minimum atomic E-state index is 0.891. The van der Waals surface area contributed by atoms with E-state index in [1.807, 2.05) is 47.2 Å². The molecule has 0 fully saturated rings. The number of aromatic nitrogens is 4. The van der Waals surface area contributed by atoms with Crippen molar-refractivity contribution in [2.75, 3.05) is 0 Å². The Bertz CT molecular complexity index is 749. The standard InChI is InChI=1S/C15H10N4S/c1-2-5-11(6-3-1)14-18-19-10-13(17-15(19)20-14)12-7-4-8-16-9-12/h1-10H. The molecule has 0 saturated carbocycles. The third-order valence-electron chi connectivity index (χ3n) is 3.02. The van der Waals surface area contributed by atoms with E-state index in [0.717, 1.165) is 26.8 Å². The number of fused-ring (bicyclic) bond motifs is 1. The van der Waals surface area contributed by atoms with Crippen LogP contribution in [-0.4, -0.2) is 19.6 Å². The van der Waals surface area contributed by atoms with Crippen LogP contribution in [0, 0.1) is 0 Å². The van der Waals surface area contributed by atoms with Gasteiger partial charge in [-0.3, -0.25) is 4.98 Å². The summed E-state index contributed by atoms with van der Waals surface area (Å²) in [5.74, 6) is 0. The van der Waals surface area contributed by atoms with Gasteiger partial charge >= 0.3 is 0 Å². The van der Waals surface area contributed by atoms with Gasteiger partial charge in [-0.1, -0.05) is 41.7 Å². The summed E-state index contributed by atoms with van der Waals surface area (Å²) < 4.78 is 1.83. The third kappa shape index (κ3) is 1.88. The SMILES string of the molecule is c1ccc(-c2nn3cc(-c4cccnc4)nc3s2)cc1. The Labute approximate surface area is 119 Å². The third-order valence-corrected chi connectivity index (χ3v) is 3.99. The van der Waals surface area contributed by atoms with Gasteiger partial charge in [0.2, 0.25) is 4.96 Å². The van der Waals surface area contributed by atoms with Gasteiger partial charge in [0.1, 0.15) is 5.01 Å². The number of imidazole rings is 1. The predicted octanol–water partition coefficient (Wildman–Crippen LogP) is 3.52. The summed E-state index contributed by atoms with van der Waals surface area (Å²) in [6, 6.07) is 14.0. The van der Waals surface area contributed by atoms with Crippen molar-refractivity contribution < 1.29 is 0 Å². The lowest BCUT2D eigenvalue weighted by Crippen LogP contribution is -1.82. The molecule has 0 aliphatic carbocycles. The topological polar surface area (TPSA) is 43.1 Å². The van der Waals surface area contributed by atoms with Crippen LogP contribution in [0.2, 0.25) is 0 Å². The molecule has 5 heteroatoms. The number of pyridine rings is 1. The van der Waals surface area contributed by atoms with E-state index in [9.17, 15) is 0 Å². The maximum Gasteiger partial charge on any atom is 0.213 e. The fraction of sp³-hybridized carbons (Fsp3) is 0. The number of nitrogens with zero attached hydrogens (tertiary/aromatic N) is 4. The van der Waals surface area contributed by atoms with Gasteiger partial charge in [0.25, 0.3) is 0 Å². The largest absolute Gasteiger partial charge is 0.264 e. The second kappa shape index (κ2) is 4.54. The van der Waals surface area contributed by atoms with Crippen molar-refractivity contribution in [1.82, 2.24) is 19.6 Å². The minimum Gasteiger partial charge on any atom is -0.264 e. The van der Waals surface area contributed by atoms with Crippen LogP contribution in [0.15, 0.2) is 61.1 Å². The first-order valence-electron chi connectivity index (χ1n) is 6.22. The Hall–Kier alpha value is -2.53. The molecule has 0 bridgehead atoms. The lowest BCUT2D eigenvalue weighted by atomic mass is 10.2. The molecular formula is C15H10N4S. The highest BCUT2D eigenvalue weighted by Gasteiger charge is 2.10. The summed E-state index contributed by atoms with van der Waals surface area (Å²) in [5.41, 5.74) is 3.02. The van der Waals surface area contributed by atoms with Crippen LogP contribution >= 0.6 is 11.3 Å². The summed E-state index contributed by atoms with van der Waals surface area (Å²) in [7, 11) is 0. The molecule has 0 aliphatic rings. The molecule has 0 aliphatic heterocycles. The van der Waals surface area contributed by atoms with Gasteiger partial charge in [-0.25, -0.2) is 9.50 Å². The summed E-state index contributed by atoms with van der Waals surface area (Å²) >= 11 is 1.59. The highest BCUT2D eigenvalue weighted by Crippen LogP contribution is 2.27. The average Bonchev–Trinajstić information content (AvgIpc) is 3.08. The Morgan fingerprint density at radius 1 is 0.950 bits per heavy atom.